The molecule has 0 bridgehead atoms. The summed E-state index contributed by atoms with van der Waals surface area (Å²) in [6.07, 6.45) is 3.37. The van der Waals surface area contributed by atoms with Crippen molar-refractivity contribution in [2.24, 2.45) is 13.0 Å². The Bertz CT molecular complexity index is 1400. The third-order valence-electron chi connectivity index (χ3n) is 6.06. The number of nitrogens with zero attached hydrogens (tertiary/aromatic N) is 8. The van der Waals surface area contributed by atoms with Crippen LogP contribution in [0.4, 0.5) is 5.95 Å². The van der Waals surface area contributed by atoms with Crippen LogP contribution in [-0.4, -0.2) is 58.2 Å². The van der Waals surface area contributed by atoms with Crippen molar-refractivity contribution in [2.45, 2.75) is 37.9 Å². The first-order valence-corrected chi connectivity index (χ1v) is 12.4. The summed E-state index contributed by atoms with van der Waals surface area (Å²) < 4.78 is 5.11. The van der Waals surface area contributed by atoms with E-state index < -0.39 is 11.2 Å². The summed E-state index contributed by atoms with van der Waals surface area (Å²) in [4.78, 5) is 34.4. The normalized spacial score (nSPS) is 15.2. The minimum Gasteiger partial charge on any atom is -0.342 e. The molecule has 11 nitrogen and oxygen atoms in total. The molecule has 0 saturated carbocycles. The Balaban J connectivity index is 1.42. The number of fused-ring (bicyclic) bond motifs is 1. The maximum absolute atomic E-state index is 12.8. The van der Waals surface area contributed by atoms with Crippen LogP contribution >= 0.6 is 11.8 Å². The molecule has 1 N–H and O–H groups in total. The SMILES string of the molecule is C[C@@H](CSc1nnnn1-c1ccccc1)Cn1c(N2CCCCC2)nc2c1c(=O)[nH]c(=O)n2C. The number of benzene rings is 1. The number of piperidine rings is 1. The van der Waals surface area contributed by atoms with E-state index in [1.807, 2.05) is 34.9 Å². The lowest BCUT2D eigenvalue weighted by Crippen LogP contribution is -2.33. The second-order valence-corrected chi connectivity index (χ2v) is 9.67. The largest absolute Gasteiger partial charge is 0.342 e. The molecule has 1 fully saturated rings. The summed E-state index contributed by atoms with van der Waals surface area (Å²) in [5.74, 6) is 1.69. The van der Waals surface area contributed by atoms with Crippen molar-refractivity contribution >= 4 is 28.9 Å². The van der Waals surface area contributed by atoms with Crippen LogP contribution in [0.15, 0.2) is 45.1 Å². The predicted molar refractivity (Wildman–Crippen MR) is 131 cm³/mol. The van der Waals surface area contributed by atoms with Crippen LogP contribution in [0.1, 0.15) is 26.2 Å². The molecule has 3 aromatic heterocycles. The Hall–Kier alpha value is -3.41. The van der Waals surface area contributed by atoms with Gasteiger partial charge in [-0.2, -0.15) is 9.67 Å². The van der Waals surface area contributed by atoms with Crippen molar-refractivity contribution in [3.63, 3.8) is 0 Å². The van der Waals surface area contributed by atoms with Crippen LogP contribution < -0.4 is 16.1 Å². The fraction of sp³-hybridized carbons (Fsp3) is 0.455. The molecule has 1 aromatic carbocycles. The van der Waals surface area contributed by atoms with Gasteiger partial charge >= 0.3 is 5.69 Å². The summed E-state index contributed by atoms with van der Waals surface area (Å²) in [6.45, 7) is 4.50. The number of rotatable bonds is 7. The topological polar surface area (TPSA) is 120 Å². The van der Waals surface area contributed by atoms with Gasteiger partial charge in [-0.25, -0.2) is 4.79 Å². The Kier molecular flexibility index (Phi) is 6.22. The molecule has 0 spiro atoms. The van der Waals surface area contributed by atoms with Gasteiger partial charge in [-0.1, -0.05) is 36.9 Å². The number of H-pyrrole nitrogens is 1. The van der Waals surface area contributed by atoms with E-state index in [1.54, 1.807) is 23.5 Å². The number of anilines is 1. The van der Waals surface area contributed by atoms with Gasteiger partial charge in [0.05, 0.1) is 5.69 Å². The molecule has 1 aliphatic rings. The van der Waals surface area contributed by atoms with Crippen LogP contribution in [0.3, 0.4) is 0 Å². The summed E-state index contributed by atoms with van der Waals surface area (Å²) in [6, 6.07) is 9.78. The first kappa shape index (κ1) is 22.4. The lowest BCUT2D eigenvalue weighted by atomic mass is 10.1. The number of aryl methyl sites for hydroxylation is 1. The van der Waals surface area contributed by atoms with Gasteiger partial charge in [-0.15, -0.1) is 5.10 Å². The first-order chi connectivity index (χ1) is 16.5. The summed E-state index contributed by atoms with van der Waals surface area (Å²) >= 11 is 1.57. The van der Waals surface area contributed by atoms with E-state index in [4.69, 9.17) is 4.98 Å². The first-order valence-electron chi connectivity index (χ1n) is 11.4. The van der Waals surface area contributed by atoms with E-state index in [0.29, 0.717) is 22.9 Å². The summed E-state index contributed by atoms with van der Waals surface area (Å²) in [7, 11) is 1.64. The number of hydrogen-bond donors (Lipinski definition) is 1. The maximum Gasteiger partial charge on any atom is 0.329 e. The smallest absolute Gasteiger partial charge is 0.329 e. The van der Waals surface area contributed by atoms with Gasteiger partial charge in [0, 0.05) is 32.4 Å². The lowest BCUT2D eigenvalue weighted by molar-refractivity contribution is 0.514. The lowest BCUT2D eigenvalue weighted by Gasteiger charge is -2.28. The molecule has 5 rings (SSSR count). The molecule has 0 radical (unpaired) electrons. The molecule has 4 heterocycles. The van der Waals surface area contributed by atoms with E-state index in [2.05, 4.69) is 32.3 Å². The van der Waals surface area contributed by atoms with Crippen molar-refractivity contribution in [3.05, 3.63) is 51.2 Å². The second kappa shape index (κ2) is 9.45. The molecule has 0 amide bonds. The minimum atomic E-state index is -0.455. The fourth-order valence-corrected chi connectivity index (χ4v) is 5.21. The highest BCUT2D eigenvalue weighted by Gasteiger charge is 2.24. The molecule has 1 aliphatic heterocycles. The van der Waals surface area contributed by atoms with Crippen LogP contribution in [0, 0.1) is 5.92 Å². The number of nitrogens with one attached hydrogen (secondary N) is 1. The number of aromatic nitrogens is 8. The number of hydrogen-bond acceptors (Lipinski definition) is 8. The van der Waals surface area contributed by atoms with E-state index in [-0.39, 0.29) is 5.92 Å². The van der Waals surface area contributed by atoms with Gasteiger partial charge in [0.25, 0.3) is 5.56 Å². The van der Waals surface area contributed by atoms with Gasteiger partial charge in [0.15, 0.2) is 11.2 Å². The average molecular weight is 482 g/mol. The predicted octanol–water partition coefficient (Wildman–Crippen LogP) is 1.82. The van der Waals surface area contributed by atoms with Gasteiger partial charge in [0.1, 0.15) is 0 Å². The zero-order chi connectivity index (χ0) is 23.7. The molecular formula is C22H27N9O2S. The van der Waals surface area contributed by atoms with E-state index in [1.165, 1.54) is 11.0 Å². The fourth-order valence-electron chi connectivity index (χ4n) is 4.31. The van der Waals surface area contributed by atoms with Gasteiger partial charge in [-0.05, 0) is 47.7 Å². The highest BCUT2D eigenvalue weighted by molar-refractivity contribution is 7.99. The maximum atomic E-state index is 12.8. The highest BCUT2D eigenvalue weighted by atomic mass is 32.2. The molecule has 12 heteroatoms. The number of tetrazole rings is 1. The van der Waals surface area contributed by atoms with Crippen molar-refractivity contribution < 1.29 is 0 Å². The summed E-state index contributed by atoms with van der Waals surface area (Å²) in [5, 5.41) is 12.9. The molecule has 1 atom stereocenters. The molecular weight excluding hydrogens is 454 g/mol. The standard InChI is InChI=1S/C22H27N9O2S/c1-15(14-34-22-25-26-27-31(22)16-9-5-3-6-10-16)13-30-17-18(28(2)21(33)24-19(17)32)23-20(30)29-11-7-4-8-12-29/h3,5-6,9-10,15H,4,7-8,11-14H2,1-2H3,(H,24,32,33)/t15-/m1/s1. The van der Waals surface area contributed by atoms with Crippen molar-refractivity contribution in [3.8, 4) is 5.69 Å². The minimum absolute atomic E-state index is 0.184. The van der Waals surface area contributed by atoms with Gasteiger partial charge in [0.2, 0.25) is 11.1 Å². The van der Waals surface area contributed by atoms with Crippen molar-refractivity contribution in [2.75, 3.05) is 23.7 Å². The molecule has 34 heavy (non-hydrogen) atoms. The Morgan fingerprint density at radius 2 is 1.88 bits per heavy atom. The van der Waals surface area contributed by atoms with Crippen molar-refractivity contribution in [1.29, 1.82) is 0 Å². The van der Waals surface area contributed by atoms with Crippen LogP contribution in [-0.2, 0) is 13.6 Å². The van der Waals surface area contributed by atoms with Crippen LogP contribution in [0.25, 0.3) is 16.9 Å². The quantitative estimate of drug-likeness (QED) is 0.397. The molecule has 0 unspecified atom stereocenters. The van der Waals surface area contributed by atoms with Gasteiger partial charge < -0.3 is 9.47 Å². The zero-order valence-corrected chi connectivity index (χ0v) is 20.0. The number of imidazole rings is 1. The zero-order valence-electron chi connectivity index (χ0n) is 19.2. The molecule has 0 aliphatic carbocycles. The Morgan fingerprint density at radius 3 is 2.65 bits per heavy atom. The number of aromatic amines is 1. The van der Waals surface area contributed by atoms with Gasteiger partial charge in [-0.3, -0.25) is 14.3 Å². The van der Waals surface area contributed by atoms with E-state index >= 15 is 0 Å². The number of para-hydroxylation sites is 1. The highest BCUT2D eigenvalue weighted by Crippen LogP contribution is 2.26. The molecule has 178 valence electrons. The third kappa shape index (κ3) is 4.25. The second-order valence-electron chi connectivity index (χ2n) is 8.69. The van der Waals surface area contributed by atoms with Crippen molar-refractivity contribution in [1.82, 2.24) is 39.3 Å². The molecule has 1 saturated heterocycles. The van der Waals surface area contributed by atoms with Crippen LogP contribution in [0.5, 0.6) is 0 Å². The Morgan fingerprint density at radius 1 is 1.12 bits per heavy atom. The number of thioether (sulfide) groups is 1. The van der Waals surface area contributed by atoms with E-state index in [0.717, 1.165) is 43.3 Å². The third-order valence-corrected chi connectivity index (χ3v) is 7.31. The monoisotopic (exact) mass is 481 g/mol. The molecule has 4 aromatic rings. The van der Waals surface area contributed by atoms with Crippen LogP contribution in [0.2, 0.25) is 0 Å². The summed E-state index contributed by atoms with van der Waals surface area (Å²) in [5.41, 5.74) is 0.907. The Labute approximate surface area is 199 Å². The van der Waals surface area contributed by atoms with E-state index in [9.17, 15) is 9.59 Å². The average Bonchev–Trinajstić information content (AvgIpc) is 3.48.